The summed E-state index contributed by atoms with van der Waals surface area (Å²) in [5, 5.41) is 0. The SMILES string of the molecule is CCC(CC)C(=O)N(Cc1ccccc1)C(C)C. The van der Waals surface area contributed by atoms with E-state index in [2.05, 4.69) is 39.8 Å². The van der Waals surface area contributed by atoms with Gasteiger partial charge in [-0.3, -0.25) is 4.79 Å². The maximum absolute atomic E-state index is 12.5. The summed E-state index contributed by atoms with van der Waals surface area (Å²) in [5.74, 6) is 0.454. The smallest absolute Gasteiger partial charge is 0.226 e. The first-order valence-electron chi connectivity index (χ1n) is 6.94. The molecule has 2 nitrogen and oxygen atoms in total. The molecule has 1 aromatic rings. The molecule has 0 radical (unpaired) electrons. The number of amides is 1. The third-order valence-corrected chi connectivity index (χ3v) is 3.44. The van der Waals surface area contributed by atoms with Gasteiger partial charge in [-0.25, -0.2) is 0 Å². The number of benzene rings is 1. The second-order valence-electron chi connectivity index (χ2n) is 5.06. The number of rotatable bonds is 6. The lowest BCUT2D eigenvalue weighted by molar-refractivity contribution is -0.138. The number of hydrogen-bond donors (Lipinski definition) is 0. The third-order valence-electron chi connectivity index (χ3n) is 3.44. The molecule has 0 aliphatic rings. The predicted molar refractivity (Wildman–Crippen MR) is 76.2 cm³/mol. The molecule has 100 valence electrons. The maximum Gasteiger partial charge on any atom is 0.226 e. The van der Waals surface area contributed by atoms with E-state index in [4.69, 9.17) is 0 Å². The first kappa shape index (κ1) is 14.7. The van der Waals surface area contributed by atoms with Gasteiger partial charge in [0, 0.05) is 18.5 Å². The Hall–Kier alpha value is -1.31. The fourth-order valence-corrected chi connectivity index (χ4v) is 2.17. The molecule has 0 spiro atoms. The fraction of sp³-hybridized carbons (Fsp3) is 0.562. The maximum atomic E-state index is 12.5. The Kier molecular flexibility index (Phi) is 5.90. The highest BCUT2D eigenvalue weighted by Gasteiger charge is 2.23. The molecule has 0 atom stereocenters. The average Bonchev–Trinajstić information content (AvgIpc) is 2.38. The first-order valence-corrected chi connectivity index (χ1v) is 6.94. The van der Waals surface area contributed by atoms with Crippen molar-refractivity contribution in [3.8, 4) is 0 Å². The van der Waals surface area contributed by atoms with Crippen molar-refractivity contribution < 1.29 is 4.79 Å². The fourth-order valence-electron chi connectivity index (χ4n) is 2.17. The highest BCUT2D eigenvalue weighted by molar-refractivity contribution is 5.79. The van der Waals surface area contributed by atoms with Gasteiger partial charge in [0.15, 0.2) is 0 Å². The van der Waals surface area contributed by atoms with Gasteiger partial charge < -0.3 is 4.90 Å². The van der Waals surface area contributed by atoms with Crippen LogP contribution in [0.3, 0.4) is 0 Å². The summed E-state index contributed by atoms with van der Waals surface area (Å²) in [4.78, 5) is 14.5. The van der Waals surface area contributed by atoms with Crippen molar-refractivity contribution in [3.63, 3.8) is 0 Å². The highest BCUT2D eigenvalue weighted by atomic mass is 16.2. The van der Waals surface area contributed by atoms with Crippen LogP contribution < -0.4 is 0 Å². The van der Waals surface area contributed by atoms with Crippen molar-refractivity contribution in [2.24, 2.45) is 5.92 Å². The van der Waals surface area contributed by atoms with Gasteiger partial charge in [0.05, 0.1) is 0 Å². The summed E-state index contributed by atoms with van der Waals surface area (Å²) in [6, 6.07) is 10.5. The molecular weight excluding hydrogens is 222 g/mol. The zero-order valence-electron chi connectivity index (χ0n) is 12.0. The van der Waals surface area contributed by atoms with Crippen molar-refractivity contribution in [1.82, 2.24) is 4.90 Å². The van der Waals surface area contributed by atoms with E-state index < -0.39 is 0 Å². The zero-order valence-corrected chi connectivity index (χ0v) is 12.0. The van der Waals surface area contributed by atoms with Crippen LogP contribution in [0, 0.1) is 5.92 Å². The van der Waals surface area contributed by atoms with Crippen molar-refractivity contribution in [1.29, 1.82) is 0 Å². The zero-order chi connectivity index (χ0) is 13.5. The minimum absolute atomic E-state index is 0.163. The Labute approximate surface area is 111 Å². The Bertz CT molecular complexity index is 355. The first-order chi connectivity index (χ1) is 8.60. The summed E-state index contributed by atoms with van der Waals surface area (Å²) in [6.07, 6.45) is 1.85. The molecule has 0 saturated carbocycles. The van der Waals surface area contributed by atoms with Gasteiger partial charge in [0.25, 0.3) is 0 Å². The van der Waals surface area contributed by atoms with Crippen LogP contribution in [-0.2, 0) is 11.3 Å². The molecule has 0 unspecified atom stereocenters. The van der Waals surface area contributed by atoms with Crippen LogP contribution in [0.4, 0.5) is 0 Å². The number of nitrogens with zero attached hydrogens (tertiary/aromatic N) is 1. The van der Waals surface area contributed by atoms with Gasteiger partial charge in [-0.2, -0.15) is 0 Å². The highest BCUT2D eigenvalue weighted by Crippen LogP contribution is 2.17. The summed E-state index contributed by atoms with van der Waals surface area (Å²) < 4.78 is 0. The molecule has 0 aliphatic carbocycles. The average molecular weight is 247 g/mol. The second-order valence-corrected chi connectivity index (χ2v) is 5.06. The van der Waals surface area contributed by atoms with E-state index in [1.54, 1.807) is 0 Å². The summed E-state index contributed by atoms with van der Waals surface area (Å²) in [7, 11) is 0. The molecule has 0 N–H and O–H groups in total. The van der Waals surface area contributed by atoms with Crippen molar-refractivity contribution in [2.45, 2.75) is 53.1 Å². The molecule has 18 heavy (non-hydrogen) atoms. The quantitative estimate of drug-likeness (QED) is 0.747. The molecule has 0 fully saturated rings. The van der Waals surface area contributed by atoms with Gasteiger partial charge in [-0.1, -0.05) is 44.2 Å². The van der Waals surface area contributed by atoms with E-state index in [9.17, 15) is 4.79 Å². The van der Waals surface area contributed by atoms with E-state index in [1.807, 2.05) is 23.1 Å². The van der Waals surface area contributed by atoms with Crippen LogP contribution in [-0.4, -0.2) is 16.8 Å². The van der Waals surface area contributed by atoms with Gasteiger partial charge in [-0.15, -0.1) is 0 Å². The van der Waals surface area contributed by atoms with Crippen molar-refractivity contribution in [3.05, 3.63) is 35.9 Å². The van der Waals surface area contributed by atoms with Crippen LogP contribution in [0.1, 0.15) is 46.1 Å². The molecule has 0 heterocycles. The van der Waals surface area contributed by atoms with Crippen molar-refractivity contribution in [2.75, 3.05) is 0 Å². The Morgan fingerprint density at radius 2 is 1.67 bits per heavy atom. The molecule has 1 aromatic carbocycles. The lowest BCUT2D eigenvalue weighted by Crippen LogP contribution is -2.40. The standard InChI is InChI=1S/C16H25NO/c1-5-15(6-2)16(18)17(13(3)4)12-14-10-8-7-9-11-14/h7-11,13,15H,5-6,12H2,1-4H3. The van der Waals surface area contributed by atoms with Gasteiger partial charge in [0.1, 0.15) is 0 Å². The summed E-state index contributed by atoms with van der Waals surface area (Å²) >= 11 is 0. The van der Waals surface area contributed by atoms with E-state index in [1.165, 1.54) is 5.56 Å². The molecule has 0 aromatic heterocycles. The van der Waals surface area contributed by atoms with E-state index >= 15 is 0 Å². The normalized spacial score (nSPS) is 11.0. The second kappa shape index (κ2) is 7.20. The molecule has 0 saturated heterocycles. The minimum atomic E-state index is 0.163. The Balaban J connectivity index is 2.80. The molecule has 0 aliphatic heterocycles. The number of carbonyl (C=O) groups is 1. The molecule has 0 bridgehead atoms. The molecule has 1 amide bonds. The van der Waals surface area contributed by atoms with Crippen LogP contribution in [0.15, 0.2) is 30.3 Å². The predicted octanol–water partition coefficient (Wildman–Crippen LogP) is 3.86. The Morgan fingerprint density at radius 3 is 2.11 bits per heavy atom. The summed E-state index contributed by atoms with van der Waals surface area (Å²) in [6.45, 7) is 9.07. The number of hydrogen-bond acceptors (Lipinski definition) is 1. The van der Waals surface area contributed by atoms with Gasteiger partial charge in [0.2, 0.25) is 5.91 Å². The third kappa shape index (κ3) is 3.86. The molecule has 1 rings (SSSR count). The van der Waals surface area contributed by atoms with Gasteiger partial charge in [-0.05, 0) is 32.3 Å². The van der Waals surface area contributed by atoms with Crippen LogP contribution >= 0.6 is 0 Å². The van der Waals surface area contributed by atoms with E-state index in [0.29, 0.717) is 12.5 Å². The lowest BCUT2D eigenvalue weighted by Gasteiger charge is -2.30. The van der Waals surface area contributed by atoms with E-state index in [-0.39, 0.29) is 12.0 Å². The van der Waals surface area contributed by atoms with E-state index in [0.717, 1.165) is 12.8 Å². The number of carbonyl (C=O) groups excluding carboxylic acids is 1. The van der Waals surface area contributed by atoms with Gasteiger partial charge >= 0.3 is 0 Å². The lowest BCUT2D eigenvalue weighted by atomic mass is 10.0. The van der Waals surface area contributed by atoms with Crippen molar-refractivity contribution >= 4 is 5.91 Å². The largest absolute Gasteiger partial charge is 0.336 e. The monoisotopic (exact) mass is 247 g/mol. The molecule has 2 heteroatoms. The van der Waals surface area contributed by atoms with Crippen LogP contribution in [0.5, 0.6) is 0 Å². The minimum Gasteiger partial charge on any atom is -0.336 e. The van der Waals surface area contributed by atoms with Crippen LogP contribution in [0.25, 0.3) is 0 Å². The molecular formula is C16H25NO. The van der Waals surface area contributed by atoms with Crippen LogP contribution in [0.2, 0.25) is 0 Å². The topological polar surface area (TPSA) is 20.3 Å². The Morgan fingerprint density at radius 1 is 1.11 bits per heavy atom. The summed E-state index contributed by atoms with van der Waals surface area (Å²) in [5.41, 5.74) is 1.20.